The largest absolute Gasteiger partial charge is 0.383 e. The van der Waals surface area contributed by atoms with Gasteiger partial charge in [0.1, 0.15) is 5.82 Å². The van der Waals surface area contributed by atoms with Crippen molar-refractivity contribution in [3.8, 4) is 22.3 Å². The molecule has 0 unspecified atom stereocenters. The zero-order valence-corrected chi connectivity index (χ0v) is 14.3. The maximum atomic E-state index is 11.6. The molecule has 25 heavy (non-hydrogen) atoms. The summed E-state index contributed by atoms with van der Waals surface area (Å²) in [6, 6.07) is 15.7. The molecule has 124 valence electrons. The van der Waals surface area contributed by atoms with E-state index in [0.29, 0.717) is 11.5 Å². The number of nitrogen functional groups attached to an aromatic ring is 1. The van der Waals surface area contributed by atoms with Crippen LogP contribution in [-0.4, -0.2) is 19.7 Å². The molecule has 0 aliphatic carbocycles. The predicted molar refractivity (Wildman–Crippen MR) is 98.9 cm³/mol. The zero-order chi connectivity index (χ0) is 18.0. The second-order valence-electron chi connectivity index (χ2n) is 5.61. The van der Waals surface area contributed by atoms with E-state index < -0.39 is 9.84 Å². The monoisotopic (exact) mass is 349 g/mol. The molecule has 1 aromatic heterocycles. The van der Waals surface area contributed by atoms with Crippen molar-refractivity contribution < 1.29 is 8.42 Å². The Morgan fingerprint density at radius 2 is 1.56 bits per heavy atom. The summed E-state index contributed by atoms with van der Waals surface area (Å²) >= 11 is 0. The molecular formula is C19H15N3O2S. The van der Waals surface area contributed by atoms with Crippen LogP contribution in [0.15, 0.2) is 65.7 Å². The molecule has 3 aromatic rings. The molecule has 0 spiro atoms. The van der Waals surface area contributed by atoms with Crippen molar-refractivity contribution in [2.24, 2.45) is 0 Å². The molecule has 1 heterocycles. The Morgan fingerprint density at radius 3 is 2.12 bits per heavy atom. The second-order valence-corrected chi connectivity index (χ2v) is 7.63. The quantitative estimate of drug-likeness (QED) is 0.726. The fraction of sp³-hybridized carbons (Fsp3) is 0.0526. The summed E-state index contributed by atoms with van der Waals surface area (Å²) < 4.78 is 23.1. The van der Waals surface area contributed by atoms with E-state index in [1.807, 2.05) is 18.2 Å². The van der Waals surface area contributed by atoms with Crippen molar-refractivity contribution in [1.29, 1.82) is 0 Å². The van der Waals surface area contributed by atoms with Gasteiger partial charge in [-0.2, -0.15) is 0 Å². The van der Waals surface area contributed by atoms with E-state index in [9.17, 15) is 8.42 Å². The smallest absolute Gasteiger partial charge is 0.187 e. The van der Waals surface area contributed by atoms with Gasteiger partial charge in [0.05, 0.1) is 11.5 Å². The van der Waals surface area contributed by atoms with E-state index in [0.717, 1.165) is 22.3 Å². The van der Waals surface area contributed by atoms with Gasteiger partial charge in [-0.3, -0.25) is 0 Å². The number of hydrogen-bond donors (Lipinski definition) is 1. The fourth-order valence-electron chi connectivity index (χ4n) is 2.47. The minimum absolute atomic E-state index is 0.273. The summed E-state index contributed by atoms with van der Waals surface area (Å²) in [6.07, 6.45) is 2.83. The van der Waals surface area contributed by atoms with E-state index in [2.05, 4.69) is 9.83 Å². The molecule has 0 saturated carbocycles. The molecule has 2 aromatic carbocycles. The Bertz CT molecular complexity index is 1070. The van der Waals surface area contributed by atoms with Crippen LogP contribution in [0.25, 0.3) is 27.1 Å². The lowest BCUT2D eigenvalue weighted by atomic mass is 10.0. The number of hydrogen-bond acceptors (Lipinski definition) is 4. The van der Waals surface area contributed by atoms with Crippen molar-refractivity contribution in [3.05, 3.63) is 72.2 Å². The first-order valence-electron chi connectivity index (χ1n) is 7.42. The van der Waals surface area contributed by atoms with Gasteiger partial charge in [0.15, 0.2) is 15.5 Å². The maximum Gasteiger partial charge on any atom is 0.187 e. The first-order chi connectivity index (χ1) is 11.9. The van der Waals surface area contributed by atoms with Gasteiger partial charge in [-0.15, -0.1) is 0 Å². The molecule has 6 heteroatoms. The van der Waals surface area contributed by atoms with Crippen LogP contribution in [0.1, 0.15) is 0 Å². The molecule has 3 rings (SSSR count). The molecular weight excluding hydrogens is 334 g/mol. The van der Waals surface area contributed by atoms with Crippen LogP contribution in [0, 0.1) is 6.57 Å². The third-order valence-electron chi connectivity index (χ3n) is 3.84. The molecule has 0 amide bonds. The van der Waals surface area contributed by atoms with Crippen molar-refractivity contribution in [2.45, 2.75) is 4.90 Å². The molecule has 0 aliphatic heterocycles. The Kier molecular flexibility index (Phi) is 4.26. The highest BCUT2D eigenvalue weighted by Crippen LogP contribution is 2.31. The number of sulfone groups is 1. The number of nitrogens with zero attached hydrogens (tertiary/aromatic N) is 2. The summed E-state index contributed by atoms with van der Waals surface area (Å²) in [4.78, 5) is 7.89. The van der Waals surface area contributed by atoms with Crippen LogP contribution in [0.4, 0.5) is 11.5 Å². The number of anilines is 1. The molecule has 0 radical (unpaired) electrons. The summed E-state index contributed by atoms with van der Waals surface area (Å²) in [5.41, 5.74) is 9.87. The number of benzene rings is 2. The second kappa shape index (κ2) is 6.38. The fourth-order valence-corrected chi connectivity index (χ4v) is 3.10. The van der Waals surface area contributed by atoms with Crippen molar-refractivity contribution in [3.63, 3.8) is 0 Å². The molecule has 0 bridgehead atoms. The highest BCUT2D eigenvalue weighted by atomic mass is 32.2. The molecule has 0 aliphatic rings. The normalized spacial score (nSPS) is 11.0. The van der Waals surface area contributed by atoms with Crippen molar-refractivity contribution >= 4 is 21.3 Å². The van der Waals surface area contributed by atoms with Gasteiger partial charge in [0, 0.05) is 23.6 Å². The Hall–Kier alpha value is -3.17. The summed E-state index contributed by atoms with van der Waals surface area (Å²) in [6.45, 7) is 7.01. The summed E-state index contributed by atoms with van der Waals surface area (Å²) in [7, 11) is -3.23. The van der Waals surface area contributed by atoms with Gasteiger partial charge in [0.2, 0.25) is 0 Å². The average Bonchev–Trinajstić information content (AvgIpc) is 2.62. The predicted octanol–water partition coefficient (Wildman–Crippen LogP) is 3.95. The zero-order valence-electron chi connectivity index (χ0n) is 13.5. The SMILES string of the molecule is [C-]#[N+]c1ccc(-c2cc(-c3ccc(S(C)(=O)=O)cc3)cnc2N)cc1. The minimum atomic E-state index is -3.23. The van der Waals surface area contributed by atoms with Crippen LogP contribution in [0.5, 0.6) is 0 Å². The molecule has 0 fully saturated rings. The third-order valence-corrected chi connectivity index (χ3v) is 4.97. The standard InChI is InChI=1S/C19H15N3O2S/c1-21-16-7-3-14(4-8-16)18-11-15(12-22-19(18)20)13-5-9-17(10-6-13)25(2,23)24/h3-12H,2H3,(H2,20,22). The Balaban J connectivity index is 2.03. The maximum absolute atomic E-state index is 11.6. The van der Waals surface area contributed by atoms with Gasteiger partial charge in [0.25, 0.3) is 0 Å². The van der Waals surface area contributed by atoms with Crippen LogP contribution in [0.2, 0.25) is 0 Å². The molecule has 2 N–H and O–H groups in total. The van der Waals surface area contributed by atoms with Gasteiger partial charge < -0.3 is 5.73 Å². The van der Waals surface area contributed by atoms with Crippen molar-refractivity contribution in [2.75, 3.05) is 12.0 Å². The summed E-state index contributed by atoms with van der Waals surface area (Å²) in [5, 5.41) is 0. The van der Waals surface area contributed by atoms with E-state index in [1.54, 1.807) is 42.6 Å². The third kappa shape index (κ3) is 3.52. The van der Waals surface area contributed by atoms with Gasteiger partial charge in [-0.25, -0.2) is 18.2 Å². The number of pyridine rings is 1. The molecule has 5 nitrogen and oxygen atoms in total. The Morgan fingerprint density at radius 1 is 0.960 bits per heavy atom. The number of nitrogens with two attached hydrogens (primary N) is 1. The lowest BCUT2D eigenvalue weighted by Gasteiger charge is -2.09. The van der Waals surface area contributed by atoms with Crippen LogP contribution < -0.4 is 5.73 Å². The first kappa shape index (κ1) is 16.7. The van der Waals surface area contributed by atoms with E-state index in [4.69, 9.17) is 12.3 Å². The average molecular weight is 349 g/mol. The van der Waals surface area contributed by atoms with E-state index >= 15 is 0 Å². The van der Waals surface area contributed by atoms with E-state index in [-0.39, 0.29) is 4.90 Å². The van der Waals surface area contributed by atoms with Crippen LogP contribution >= 0.6 is 0 Å². The van der Waals surface area contributed by atoms with Gasteiger partial charge in [-0.1, -0.05) is 36.4 Å². The highest BCUT2D eigenvalue weighted by Gasteiger charge is 2.10. The topological polar surface area (TPSA) is 77.4 Å². The minimum Gasteiger partial charge on any atom is -0.383 e. The lowest BCUT2D eigenvalue weighted by molar-refractivity contribution is 0.602. The number of aromatic nitrogens is 1. The molecule has 0 atom stereocenters. The molecule has 0 saturated heterocycles. The van der Waals surface area contributed by atoms with E-state index in [1.165, 1.54) is 6.26 Å². The van der Waals surface area contributed by atoms with Gasteiger partial charge >= 0.3 is 0 Å². The number of rotatable bonds is 3. The van der Waals surface area contributed by atoms with Crippen LogP contribution in [-0.2, 0) is 9.84 Å². The Labute approximate surface area is 146 Å². The first-order valence-corrected chi connectivity index (χ1v) is 9.31. The summed E-state index contributed by atoms with van der Waals surface area (Å²) in [5.74, 6) is 0.395. The highest BCUT2D eigenvalue weighted by molar-refractivity contribution is 7.90. The van der Waals surface area contributed by atoms with Crippen LogP contribution in [0.3, 0.4) is 0 Å². The van der Waals surface area contributed by atoms with Crippen molar-refractivity contribution in [1.82, 2.24) is 4.98 Å². The lowest BCUT2D eigenvalue weighted by Crippen LogP contribution is -1.97. The van der Waals surface area contributed by atoms with Gasteiger partial charge in [-0.05, 0) is 29.3 Å².